The number of hydrogen-bond acceptors (Lipinski definition) is 1. The topological polar surface area (TPSA) is 17.1 Å². The molecule has 1 atom stereocenters. The molecule has 0 saturated heterocycles. The first-order valence-electron chi connectivity index (χ1n) is 3.98. The second-order valence-corrected chi connectivity index (χ2v) is 4.75. The molecule has 1 aromatic rings. The molecule has 0 spiro atoms. The molecule has 0 aliphatic rings. The van der Waals surface area contributed by atoms with E-state index in [9.17, 15) is 4.79 Å². The Labute approximate surface area is 94.8 Å². The highest BCUT2D eigenvalue weighted by atomic mass is 79.9. The monoisotopic (exact) mass is 304 g/mol. The molecule has 1 unspecified atom stereocenters. The minimum Gasteiger partial charge on any atom is -0.293 e. The summed E-state index contributed by atoms with van der Waals surface area (Å²) in [5.41, 5.74) is 1.94. The van der Waals surface area contributed by atoms with Crippen LogP contribution in [0.5, 0.6) is 0 Å². The maximum absolute atomic E-state index is 11.5. The zero-order valence-electron chi connectivity index (χ0n) is 7.26. The van der Waals surface area contributed by atoms with E-state index in [0.29, 0.717) is 0 Å². The summed E-state index contributed by atoms with van der Waals surface area (Å²) in [7, 11) is 0. The van der Waals surface area contributed by atoms with Crippen LogP contribution in [0, 0.1) is 0 Å². The van der Waals surface area contributed by atoms with Gasteiger partial charge in [-0.1, -0.05) is 56.1 Å². The van der Waals surface area contributed by atoms with Gasteiger partial charge < -0.3 is 0 Å². The molecule has 0 heterocycles. The number of alkyl halides is 2. The second-order valence-electron chi connectivity index (χ2n) is 2.81. The van der Waals surface area contributed by atoms with Crippen LogP contribution in [-0.2, 0) is 5.33 Å². The lowest BCUT2D eigenvalue weighted by Crippen LogP contribution is -2.09. The Morgan fingerprint density at radius 2 is 1.92 bits per heavy atom. The smallest absolute Gasteiger partial charge is 0.176 e. The highest BCUT2D eigenvalue weighted by Crippen LogP contribution is 2.12. The van der Waals surface area contributed by atoms with Crippen LogP contribution in [0.3, 0.4) is 0 Å². The molecule has 1 nitrogen and oxygen atoms in total. The predicted molar refractivity (Wildman–Crippen MR) is 61.8 cm³/mol. The van der Waals surface area contributed by atoms with Gasteiger partial charge >= 0.3 is 0 Å². The normalized spacial score (nSPS) is 12.5. The van der Waals surface area contributed by atoms with Gasteiger partial charge in [0.05, 0.1) is 4.83 Å². The lowest BCUT2D eigenvalue weighted by Gasteiger charge is -2.02. The summed E-state index contributed by atoms with van der Waals surface area (Å²) < 4.78 is 0. The number of carbonyl (C=O) groups is 1. The first kappa shape index (κ1) is 10.9. The van der Waals surface area contributed by atoms with Crippen LogP contribution in [0.4, 0.5) is 0 Å². The molecule has 0 fully saturated rings. The molecule has 0 aliphatic heterocycles. The van der Waals surface area contributed by atoms with Crippen LogP contribution in [0.2, 0.25) is 0 Å². The second kappa shape index (κ2) is 4.91. The van der Waals surface area contributed by atoms with Crippen molar-refractivity contribution < 1.29 is 4.79 Å². The Balaban J connectivity index is 2.86. The Morgan fingerprint density at radius 1 is 1.38 bits per heavy atom. The van der Waals surface area contributed by atoms with E-state index in [1.165, 1.54) is 5.56 Å². The molecular weight excluding hydrogens is 296 g/mol. The van der Waals surface area contributed by atoms with E-state index in [4.69, 9.17) is 0 Å². The van der Waals surface area contributed by atoms with Crippen LogP contribution in [-0.4, -0.2) is 10.6 Å². The van der Waals surface area contributed by atoms with Crippen LogP contribution in [0.25, 0.3) is 0 Å². The van der Waals surface area contributed by atoms with Gasteiger partial charge in [0.1, 0.15) is 0 Å². The van der Waals surface area contributed by atoms with Gasteiger partial charge in [-0.05, 0) is 12.5 Å². The number of ketones is 1. The van der Waals surface area contributed by atoms with E-state index in [0.717, 1.165) is 10.9 Å². The van der Waals surface area contributed by atoms with Crippen molar-refractivity contribution in [1.29, 1.82) is 0 Å². The third kappa shape index (κ3) is 2.92. The molecule has 0 aromatic heterocycles. The summed E-state index contributed by atoms with van der Waals surface area (Å²) in [6.07, 6.45) is 0. The van der Waals surface area contributed by atoms with Gasteiger partial charge in [-0.2, -0.15) is 0 Å². The van der Waals surface area contributed by atoms with Gasteiger partial charge in [0.25, 0.3) is 0 Å². The Hall–Kier alpha value is -0.150. The molecule has 3 heteroatoms. The summed E-state index contributed by atoms with van der Waals surface area (Å²) in [6.45, 7) is 1.83. The van der Waals surface area contributed by atoms with E-state index in [1.807, 2.05) is 31.2 Å². The number of rotatable bonds is 3. The van der Waals surface area contributed by atoms with Crippen LogP contribution >= 0.6 is 31.9 Å². The molecule has 70 valence electrons. The molecule has 0 bridgehead atoms. The average molecular weight is 306 g/mol. The maximum Gasteiger partial charge on any atom is 0.176 e. The van der Waals surface area contributed by atoms with Gasteiger partial charge in [0.15, 0.2) is 5.78 Å². The van der Waals surface area contributed by atoms with Crippen molar-refractivity contribution in [3.8, 4) is 0 Å². The number of Topliss-reactive ketones (excluding diaryl/α,β-unsaturated/α-hetero) is 1. The third-order valence-electron chi connectivity index (χ3n) is 1.75. The molecule has 0 aliphatic carbocycles. The van der Waals surface area contributed by atoms with Crippen molar-refractivity contribution >= 4 is 37.6 Å². The highest BCUT2D eigenvalue weighted by molar-refractivity contribution is 9.10. The van der Waals surface area contributed by atoms with Crippen molar-refractivity contribution in [2.75, 3.05) is 0 Å². The highest BCUT2D eigenvalue weighted by Gasteiger charge is 2.10. The minimum absolute atomic E-state index is 0.109. The van der Waals surface area contributed by atoms with Gasteiger partial charge in [0, 0.05) is 10.9 Å². The van der Waals surface area contributed by atoms with E-state index < -0.39 is 0 Å². The fraction of sp³-hybridized carbons (Fsp3) is 0.300. The summed E-state index contributed by atoms with van der Waals surface area (Å²) in [5, 5.41) is 0.825. The molecule has 0 saturated carbocycles. The summed E-state index contributed by atoms with van der Waals surface area (Å²) >= 11 is 6.61. The summed E-state index contributed by atoms with van der Waals surface area (Å²) in [6, 6.07) is 7.63. The average Bonchev–Trinajstić information content (AvgIpc) is 2.17. The van der Waals surface area contributed by atoms with Crippen LogP contribution < -0.4 is 0 Å². The van der Waals surface area contributed by atoms with Crippen molar-refractivity contribution in [2.24, 2.45) is 0 Å². The van der Waals surface area contributed by atoms with Crippen molar-refractivity contribution in [1.82, 2.24) is 0 Å². The molecule has 1 rings (SSSR count). The number of carbonyl (C=O) groups excluding carboxylic acids is 1. The number of hydrogen-bond donors (Lipinski definition) is 0. The molecule has 1 aromatic carbocycles. The fourth-order valence-corrected chi connectivity index (χ4v) is 1.63. The van der Waals surface area contributed by atoms with E-state index >= 15 is 0 Å². The lowest BCUT2D eigenvalue weighted by atomic mass is 10.1. The minimum atomic E-state index is -0.109. The Morgan fingerprint density at radius 3 is 2.31 bits per heavy atom. The van der Waals surface area contributed by atoms with E-state index in [-0.39, 0.29) is 10.6 Å². The predicted octanol–water partition coefficient (Wildman–Crippen LogP) is 3.55. The molecule has 0 N–H and O–H groups in total. The van der Waals surface area contributed by atoms with Crippen molar-refractivity contribution in [3.05, 3.63) is 35.4 Å². The lowest BCUT2D eigenvalue weighted by molar-refractivity contribution is 0.0996. The quantitative estimate of drug-likeness (QED) is 0.616. The summed E-state index contributed by atoms with van der Waals surface area (Å²) in [5.74, 6) is 0.126. The molecule has 0 amide bonds. The maximum atomic E-state index is 11.5. The van der Waals surface area contributed by atoms with Crippen LogP contribution in [0.1, 0.15) is 22.8 Å². The van der Waals surface area contributed by atoms with Gasteiger partial charge in [-0.25, -0.2) is 0 Å². The van der Waals surface area contributed by atoms with E-state index in [2.05, 4.69) is 31.9 Å². The standard InChI is InChI=1S/C10H10Br2O/c1-7(12)10(13)9-4-2-8(6-11)3-5-9/h2-5,7H,6H2,1H3. The SMILES string of the molecule is CC(Br)C(=O)c1ccc(CBr)cc1. The van der Waals surface area contributed by atoms with Crippen LogP contribution in [0.15, 0.2) is 24.3 Å². The molecule has 0 radical (unpaired) electrons. The zero-order chi connectivity index (χ0) is 9.84. The summed E-state index contributed by atoms with van der Waals surface area (Å²) in [4.78, 5) is 11.4. The Bertz CT molecular complexity index is 290. The van der Waals surface area contributed by atoms with Gasteiger partial charge in [0.2, 0.25) is 0 Å². The van der Waals surface area contributed by atoms with Crippen molar-refractivity contribution in [2.45, 2.75) is 17.1 Å². The molecule has 13 heavy (non-hydrogen) atoms. The first-order chi connectivity index (χ1) is 6.15. The number of halogens is 2. The first-order valence-corrected chi connectivity index (χ1v) is 6.02. The Kier molecular flexibility index (Phi) is 4.13. The van der Waals surface area contributed by atoms with Crippen molar-refractivity contribution in [3.63, 3.8) is 0 Å². The van der Waals surface area contributed by atoms with Gasteiger partial charge in [-0.15, -0.1) is 0 Å². The van der Waals surface area contributed by atoms with Gasteiger partial charge in [-0.3, -0.25) is 4.79 Å². The third-order valence-corrected chi connectivity index (χ3v) is 2.82. The number of benzene rings is 1. The van der Waals surface area contributed by atoms with E-state index in [1.54, 1.807) is 0 Å². The molecular formula is C10H10Br2O. The largest absolute Gasteiger partial charge is 0.293 e. The zero-order valence-corrected chi connectivity index (χ0v) is 10.4. The fourth-order valence-electron chi connectivity index (χ4n) is 0.988.